The molecule has 3 aromatic rings. The maximum Gasteiger partial charge on any atom is 0.231 e. The fourth-order valence-electron chi connectivity index (χ4n) is 4.18. The lowest BCUT2D eigenvalue weighted by atomic mass is 9.76. The van der Waals surface area contributed by atoms with Crippen LogP contribution in [0.2, 0.25) is 0 Å². The normalized spacial score (nSPS) is 22.3. The van der Waals surface area contributed by atoms with Crippen LogP contribution >= 0.6 is 0 Å². The minimum atomic E-state index is -0.438. The zero-order chi connectivity index (χ0) is 19.1. The van der Waals surface area contributed by atoms with Crippen LogP contribution in [0, 0.1) is 0 Å². The van der Waals surface area contributed by atoms with E-state index in [9.17, 15) is 0 Å². The first kappa shape index (κ1) is 17.0. The van der Waals surface area contributed by atoms with Gasteiger partial charge in [-0.05, 0) is 36.2 Å². The molecule has 0 unspecified atom stereocenters. The van der Waals surface area contributed by atoms with E-state index in [4.69, 9.17) is 18.9 Å². The van der Waals surface area contributed by atoms with Crippen LogP contribution in [0.5, 0.6) is 23.0 Å². The molecular weight excluding hydrogens is 352 g/mol. The minimum Gasteiger partial charge on any atom is -0.497 e. The van der Waals surface area contributed by atoms with E-state index in [0.717, 1.165) is 40.5 Å². The van der Waals surface area contributed by atoms with E-state index in [2.05, 4.69) is 49.4 Å². The third-order valence-corrected chi connectivity index (χ3v) is 5.71. The zero-order valence-corrected chi connectivity index (χ0v) is 16.0. The molecule has 28 heavy (non-hydrogen) atoms. The van der Waals surface area contributed by atoms with Gasteiger partial charge in [0.05, 0.1) is 7.11 Å². The van der Waals surface area contributed by atoms with Crippen molar-refractivity contribution in [2.24, 2.45) is 0 Å². The molecule has 0 fully saturated rings. The molecule has 0 radical (unpaired) electrons. The molecule has 0 saturated heterocycles. The number of benzene rings is 3. The lowest BCUT2D eigenvalue weighted by molar-refractivity contribution is 0.0553. The van der Waals surface area contributed by atoms with Crippen LogP contribution in [-0.2, 0) is 5.60 Å². The summed E-state index contributed by atoms with van der Waals surface area (Å²) in [4.78, 5) is 0. The number of rotatable bonds is 3. The fourth-order valence-corrected chi connectivity index (χ4v) is 4.18. The SMILES string of the molecule is COc1ccc([C@@H]2C[C@](C)(c3ccccc3)Oc3cc4c(cc32)OCO4)cc1. The quantitative estimate of drug-likeness (QED) is 0.627. The van der Waals surface area contributed by atoms with Gasteiger partial charge in [0.2, 0.25) is 6.79 Å². The largest absolute Gasteiger partial charge is 0.497 e. The second-order valence-electron chi connectivity index (χ2n) is 7.47. The summed E-state index contributed by atoms with van der Waals surface area (Å²) in [5.41, 5.74) is 3.08. The highest BCUT2D eigenvalue weighted by molar-refractivity contribution is 5.56. The van der Waals surface area contributed by atoms with Gasteiger partial charge in [-0.2, -0.15) is 0 Å². The van der Waals surface area contributed by atoms with Crippen molar-refractivity contribution in [3.8, 4) is 23.0 Å². The molecule has 0 saturated carbocycles. The predicted octanol–water partition coefficient (Wildman–Crippen LogP) is 5.25. The average molecular weight is 374 g/mol. The monoisotopic (exact) mass is 374 g/mol. The Labute approximate surface area is 164 Å². The summed E-state index contributed by atoms with van der Waals surface area (Å²) in [5.74, 6) is 3.40. The van der Waals surface area contributed by atoms with Crippen LogP contribution in [0.25, 0.3) is 0 Å². The van der Waals surface area contributed by atoms with Gasteiger partial charge >= 0.3 is 0 Å². The number of ether oxygens (including phenoxy) is 4. The van der Waals surface area contributed by atoms with Crippen molar-refractivity contribution in [3.63, 3.8) is 0 Å². The molecule has 2 aliphatic heterocycles. The molecule has 2 heterocycles. The van der Waals surface area contributed by atoms with Gasteiger partial charge < -0.3 is 18.9 Å². The maximum atomic E-state index is 6.57. The summed E-state index contributed by atoms with van der Waals surface area (Å²) in [6.45, 7) is 2.41. The molecule has 2 atom stereocenters. The van der Waals surface area contributed by atoms with Crippen molar-refractivity contribution in [3.05, 3.63) is 83.4 Å². The lowest BCUT2D eigenvalue weighted by Gasteiger charge is -2.40. The summed E-state index contributed by atoms with van der Waals surface area (Å²) < 4.78 is 23.1. The number of hydrogen-bond acceptors (Lipinski definition) is 4. The van der Waals surface area contributed by atoms with Crippen LogP contribution in [0.15, 0.2) is 66.7 Å². The summed E-state index contributed by atoms with van der Waals surface area (Å²) in [6, 6.07) is 22.7. The molecule has 0 aromatic heterocycles. The van der Waals surface area contributed by atoms with E-state index >= 15 is 0 Å². The van der Waals surface area contributed by atoms with E-state index in [-0.39, 0.29) is 12.7 Å². The summed E-state index contributed by atoms with van der Waals surface area (Å²) in [7, 11) is 1.69. The van der Waals surface area contributed by atoms with Gasteiger partial charge in [0, 0.05) is 24.0 Å². The predicted molar refractivity (Wildman–Crippen MR) is 106 cm³/mol. The maximum absolute atomic E-state index is 6.57. The second-order valence-corrected chi connectivity index (χ2v) is 7.47. The van der Waals surface area contributed by atoms with E-state index < -0.39 is 5.60 Å². The van der Waals surface area contributed by atoms with Crippen molar-refractivity contribution in [2.45, 2.75) is 24.9 Å². The number of methoxy groups -OCH3 is 1. The third kappa shape index (κ3) is 2.76. The van der Waals surface area contributed by atoms with Gasteiger partial charge in [0.25, 0.3) is 0 Å². The first-order valence-corrected chi connectivity index (χ1v) is 9.48. The topological polar surface area (TPSA) is 36.9 Å². The fraction of sp³-hybridized carbons (Fsp3) is 0.250. The molecule has 5 rings (SSSR count). The Kier molecular flexibility index (Phi) is 3.93. The second kappa shape index (κ2) is 6.48. The van der Waals surface area contributed by atoms with Crippen LogP contribution in [0.3, 0.4) is 0 Å². The Morgan fingerprint density at radius 2 is 1.61 bits per heavy atom. The van der Waals surface area contributed by atoms with Gasteiger partial charge in [0.15, 0.2) is 11.5 Å². The molecule has 0 amide bonds. The van der Waals surface area contributed by atoms with Crippen molar-refractivity contribution < 1.29 is 18.9 Å². The first-order valence-electron chi connectivity index (χ1n) is 9.48. The highest BCUT2D eigenvalue weighted by atomic mass is 16.7. The molecule has 142 valence electrons. The average Bonchev–Trinajstić information content (AvgIpc) is 3.20. The van der Waals surface area contributed by atoms with Gasteiger partial charge in [-0.15, -0.1) is 0 Å². The van der Waals surface area contributed by atoms with Gasteiger partial charge in [-0.25, -0.2) is 0 Å². The Bertz CT molecular complexity index is 997. The number of hydrogen-bond donors (Lipinski definition) is 0. The van der Waals surface area contributed by atoms with E-state index in [1.54, 1.807) is 7.11 Å². The highest BCUT2D eigenvalue weighted by Gasteiger charge is 2.40. The van der Waals surface area contributed by atoms with Gasteiger partial charge in [-0.3, -0.25) is 0 Å². The zero-order valence-electron chi connectivity index (χ0n) is 16.0. The van der Waals surface area contributed by atoms with Crippen LogP contribution < -0.4 is 18.9 Å². The van der Waals surface area contributed by atoms with Crippen LogP contribution in [0.4, 0.5) is 0 Å². The molecule has 0 N–H and O–H groups in total. The highest BCUT2D eigenvalue weighted by Crippen LogP contribution is 2.52. The molecule has 0 bridgehead atoms. The third-order valence-electron chi connectivity index (χ3n) is 5.71. The molecule has 3 aromatic carbocycles. The molecule has 4 nitrogen and oxygen atoms in total. The van der Waals surface area contributed by atoms with Gasteiger partial charge in [0.1, 0.15) is 17.1 Å². The lowest BCUT2D eigenvalue weighted by Crippen LogP contribution is -2.35. The van der Waals surface area contributed by atoms with Gasteiger partial charge in [-0.1, -0.05) is 42.5 Å². The van der Waals surface area contributed by atoms with Crippen molar-refractivity contribution in [2.75, 3.05) is 13.9 Å². The van der Waals surface area contributed by atoms with Crippen molar-refractivity contribution in [1.82, 2.24) is 0 Å². The van der Waals surface area contributed by atoms with Crippen molar-refractivity contribution >= 4 is 0 Å². The molecular formula is C24H22O4. The smallest absolute Gasteiger partial charge is 0.231 e. The van der Waals surface area contributed by atoms with E-state index in [1.807, 2.05) is 24.3 Å². The molecule has 2 aliphatic rings. The molecule has 4 heteroatoms. The first-order chi connectivity index (χ1) is 13.7. The Balaban J connectivity index is 1.64. The Morgan fingerprint density at radius 3 is 2.32 bits per heavy atom. The van der Waals surface area contributed by atoms with Crippen LogP contribution in [0.1, 0.15) is 36.0 Å². The minimum absolute atomic E-state index is 0.175. The summed E-state index contributed by atoms with van der Waals surface area (Å²) in [5, 5.41) is 0. The Hall–Kier alpha value is -3.14. The summed E-state index contributed by atoms with van der Waals surface area (Å²) >= 11 is 0. The molecule has 0 aliphatic carbocycles. The van der Waals surface area contributed by atoms with E-state index in [0.29, 0.717) is 0 Å². The number of fused-ring (bicyclic) bond motifs is 2. The summed E-state index contributed by atoms with van der Waals surface area (Å²) in [6.07, 6.45) is 0.829. The Morgan fingerprint density at radius 1 is 0.893 bits per heavy atom. The van der Waals surface area contributed by atoms with Crippen molar-refractivity contribution in [1.29, 1.82) is 0 Å². The standard InChI is InChI=1S/C24H22O4/c1-24(17-6-4-3-5-7-17)14-20(16-8-10-18(25-2)11-9-16)19-12-22-23(27-15-26-22)13-21(19)28-24/h3-13,20H,14-15H2,1-2H3/t20-,24+/m0/s1. The molecule has 0 spiro atoms. The van der Waals surface area contributed by atoms with Crippen LogP contribution in [-0.4, -0.2) is 13.9 Å². The van der Waals surface area contributed by atoms with E-state index in [1.165, 1.54) is 5.56 Å².